The third-order valence-corrected chi connectivity index (χ3v) is 4.06. The normalized spacial score (nSPS) is 10.2. The van der Waals surface area contributed by atoms with Crippen molar-refractivity contribution in [2.75, 3.05) is 30.9 Å². The molecule has 3 aromatic rings. The van der Waals surface area contributed by atoms with E-state index >= 15 is 0 Å². The number of nitrogens with one attached hydrogen (secondary N) is 2. The minimum Gasteiger partial charge on any atom is -0.497 e. The number of aryl methyl sites for hydroxylation is 1. The van der Waals surface area contributed by atoms with Crippen molar-refractivity contribution in [1.29, 1.82) is 0 Å². The lowest BCUT2D eigenvalue weighted by Gasteiger charge is -2.09. The highest BCUT2D eigenvalue weighted by Gasteiger charge is 2.07. The van der Waals surface area contributed by atoms with E-state index in [9.17, 15) is 4.79 Å². The Balaban J connectivity index is 1.44. The smallest absolute Gasteiger partial charge is 0.274 e. The Morgan fingerprint density at radius 1 is 0.929 bits per heavy atom. The second-order valence-electron chi connectivity index (χ2n) is 6.20. The molecule has 2 aromatic carbocycles. The minimum atomic E-state index is -0.238. The first-order valence-corrected chi connectivity index (χ1v) is 8.99. The molecule has 0 saturated carbocycles. The van der Waals surface area contributed by atoms with E-state index in [2.05, 4.69) is 15.6 Å². The highest BCUT2D eigenvalue weighted by Crippen LogP contribution is 2.17. The van der Waals surface area contributed by atoms with Gasteiger partial charge in [-0.15, -0.1) is 0 Å². The summed E-state index contributed by atoms with van der Waals surface area (Å²) < 4.78 is 10.8. The van der Waals surface area contributed by atoms with Gasteiger partial charge in [0.05, 0.1) is 19.0 Å². The zero-order valence-corrected chi connectivity index (χ0v) is 15.9. The van der Waals surface area contributed by atoms with E-state index in [-0.39, 0.29) is 5.91 Å². The van der Waals surface area contributed by atoms with Crippen LogP contribution in [0.4, 0.5) is 11.4 Å². The van der Waals surface area contributed by atoms with Crippen LogP contribution in [0.5, 0.6) is 11.5 Å². The molecule has 1 amide bonds. The fourth-order valence-electron chi connectivity index (χ4n) is 2.50. The monoisotopic (exact) mass is 377 g/mol. The fourth-order valence-corrected chi connectivity index (χ4v) is 2.50. The number of hydrogen-bond donors (Lipinski definition) is 2. The van der Waals surface area contributed by atoms with Gasteiger partial charge in [0, 0.05) is 12.2 Å². The molecule has 2 N–H and O–H groups in total. The maximum atomic E-state index is 12.3. The average Bonchev–Trinajstić information content (AvgIpc) is 2.73. The second-order valence-corrected chi connectivity index (χ2v) is 6.20. The predicted molar refractivity (Wildman–Crippen MR) is 110 cm³/mol. The largest absolute Gasteiger partial charge is 0.497 e. The molecule has 144 valence electrons. The van der Waals surface area contributed by atoms with Crippen molar-refractivity contribution in [2.24, 2.45) is 0 Å². The van der Waals surface area contributed by atoms with Gasteiger partial charge in [-0.05, 0) is 55.5 Å². The molecule has 28 heavy (non-hydrogen) atoms. The Kier molecular flexibility index (Phi) is 6.46. The van der Waals surface area contributed by atoms with Gasteiger partial charge in [0.25, 0.3) is 5.91 Å². The molecule has 1 heterocycles. The molecule has 0 aliphatic carbocycles. The molecule has 0 fully saturated rings. The predicted octanol–water partition coefficient (Wildman–Crippen LogP) is 4.14. The molecule has 6 nitrogen and oxygen atoms in total. The molecule has 0 radical (unpaired) electrons. The SMILES string of the molecule is COc1ccc(OCCNc2ccc(C(=O)Nc3ccc(C)cc3)nc2)cc1. The summed E-state index contributed by atoms with van der Waals surface area (Å²) in [5.74, 6) is 1.34. The maximum absolute atomic E-state index is 12.3. The highest BCUT2D eigenvalue weighted by molar-refractivity contribution is 6.02. The number of carbonyl (C=O) groups excluding carboxylic acids is 1. The number of ether oxygens (including phenoxy) is 2. The van der Waals surface area contributed by atoms with Crippen LogP contribution >= 0.6 is 0 Å². The third-order valence-electron chi connectivity index (χ3n) is 4.06. The number of amides is 1. The first-order chi connectivity index (χ1) is 13.6. The Morgan fingerprint density at radius 3 is 2.25 bits per heavy atom. The van der Waals surface area contributed by atoms with Gasteiger partial charge < -0.3 is 20.1 Å². The molecular formula is C22H23N3O3. The van der Waals surface area contributed by atoms with Crippen molar-refractivity contribution in [2.45, 2.75) is 6.92 Å². The number of anilines is 2. The summed E-state index contributed by atoms with van der Waals surface area (Å²) in [6, 6.07) is 18.6. The Bertz CT molecular complexity index is 892. The quantitative estimate of drug-likeness (QED) is 0.577. The molecule has 1 aromatic heterocycles. The molecule has 0 bridgehead atoms. The van der Waals surface area contributed by atoms with Crippen molar-refractivity contribution in [3.63, 3.8) is 0 Å². The van der Waals surface area contributed by atoms with Crippen LogP contribution in [0.2, 0.25) is 0 Å². The number of rotatable bonds is 8. The molecule has 0 aliphatic rings. The zero-order chi connectivity index (χ0) is 19.8. The number of carbonyl (C=O) groups is 1. The van der Waals surface area contributed by atoms with Gasteiger partial charge in [-0.2, -0.15) is 0 Å². The number of benzene rings is 2. The molecule has 0 unspecified atom stereocenters. The molecule has 0 atom stereocenters. The molecule has 0 aliphatic heterocycles. The lowest BCUT2D eigenvalue weighted by molar-refractivity contribution is 0.102. The average molecular weight is 377 g/mol. The van der Waals surface area contributed by atoms with Gasteiger partial charge in [-0.25, -0.2) is 4.98 Å². The summed E-state index contributed by atoms with van der Waals surface area (Å²) in [6.07, 6.45) is 1.64. The lowest BCUT2D eigenvalue weighted by Crippen LogP contribution is -2.14. The number of aromatic nitrogens is 1. The van der Waals surface area contributed by atoms with Crippen LogP contribution < -0.4 is 20.1 Å². The second kappa shape index (κ2) is 9.41. The van der Waals surface area contributed by atoms with Crippen LogP contribution in [0, 0.1) is 6.92 Å². The summed E-state index contributed by atoms with van der Waals surface area (Å²) in [5.41, 5.74) is 3.07. The molecule has 3 rings (SSSR count). The Morgan fingerprint density at radius 2 is 1.61 bits per heavy atom. The van der Waals surface area contributed by atoms with Crippen LogP contribution in [0.1, 0.15) is 16.1 Å². The van der Waals surface area contributed by atoms with E-state index in [0.29, 0.717) is 18.8 Å². The van der Waals surface area contributed by atoms with Crippen molar-refractivity contribution in [3.8, 4) is 11.5 Å². The van der Waals surface area contributed by atoms with E-state index in [4.69, 9.17) is 9.47 Å². The van der Waals surface area contributed by atoms with E-state index in [1.807, 2.05) is 61.5 Å². The van der Waals surface area contributed by atoms with Crippen LogP contribution in [0.25, 0.3) is 0 Å². The van der Waals surface area contributed by atoms with E-state index in [1.165, 1.54) is 0 Å². The van der Waals surface area contributed by atoms with Gasteiger partial charge in [0.15, 0.2) is 0 Å². The molecule has 0 spiro atoms. The third kappa shape index (κ3) is 5.48. The minimum absolute atomic E-state index is 0.238. The zero-order valence-electron chi connectivity index (χ0n) is 15.9. The Labute approximate surface area is 164 Å². The van der Waals surface area contributed by atoms with Crippen molar-refractivity contribution in [1.82, 2.24) is 4.98 Å². The van der Waals surface area contributed by atoms with Crippen molar-refractivity contribution < 1.29 is 14.3 Å². The maximum Gasteiger partial charge on any atom is 0.274 e. The first kappa shape index (κ1) is 19.2. The Hall–Kier alpha value is -3.54. The lowest BCUT2D eigenvalue weighted by atomic mass is 10.2. The molecule has 0 saturated heterocycles. The van der Waals surface area contributed by atoms with Gasteiger partial charge in [0.2, 0.25) is 0 Å². The van der Waals surface area contributed by atoms with Crippen molar-refractivity contribution >= 4 is 17.3 Å². The number of methoxy groups -OCH3 is 1. The van der Waals surface area contributed by atoms with Crippen molar-refractivity contribution in [3.05, 3.63) is 78.1 Å². The van der Waals surface area contributed by atoms with E-state index in [0.717, 1.165) is 28.4 Å². The van der Waals surface area contributed by atoms with Gasteiger partial charge >= 0.3 is 0 Å². The van der Waals surface area contributed by atoms with Crippen LogP contribution in [0.3, 0.4) is 0 Å². The van der Waals surface area contributed by atoms with E-state index in [1.54, 1.807) is 19.4 Å². The first-order valence-electron chi connectivity index (χ1n) is 8.99. The summed E-state index contributed by atoms with van der Waals surface area (Å²) in [6.45, 7) is 3.12. The number of pyridine rings is 1. The standard InChI is InChI=1S/C22H23N3O3/c1-16-3-5-17(6-4-16)25-22(26)21-12-7-18(15-24-21)23-13-14-28-20-10-8-19(27-2)9-11-20/h3-12,15,23H,13-14H2,1-2H3,(H,25,26). The fraction of sp³-hybridized carbons (Fsp3) is 0.182. The number of hydrogen-bond acceptors (Lipinski definition) is 5. The van der Waals surface area contributed by atoms with Crippen LogP contribution in [-0.4, -0.2) is 31.2 Å². The number of nitrogens with zero attached hydrogens (tertiary/aromatic N) is 1. The van der Waals surface area contributed by atoms with Gasteiger partial charge in [0.1, 0.15) is 23.8 Å². The van der Waals surface area contributed by atoms with Crippen LogP contribution in [0.15, 0.2) is 66.9 Å². The topological polar surface area (TPSA) is 72.5 Å². The summed E-state index contributed by atoms with van der Waals surface area (Å²) >= 11 is 0. The van der Waals surface area contributed by atoms with Gasteiger partial charge in [-0.3, -0.25) is 4.79 Å². The summed E-state index contributed by atoms with van der Waals surface area (Å²) in [5, 5.41) is 6.05. The molecule has 6 heteroatoms. The highest BCUT2D eigenvalue weighted by atomic mass is 16.5. The summed E-state index contributed by atoms with van der Waals surface area (Å²) in [7, 11) is 1.63. The van der Waals surface area contributed by atoms with Crippen LogP contribution in [-0.2, 0) is 0 Å². The van der Waals surface area contributed by atoms with E-state index < -0.39 is 0 Å². The van der Waals surface area contributed by atoms with Gasteiger partial charge in [-0.1, -0.05) is 17.7 Å². The summed E-state index contributed by atoms with van der Waals surface area (Å²) in [4.78, 5) is 16.5. The molecular weight excluding hydrogens is 354 g/mol.